The van der Waals surface area contributed by atoms with Gasteiger partial charge in [0.15, 0.2) is 0 Å². The molecule has 0 amide bonds. The third-order valence-electron chi connectivity index (χ3n) is 3.86. The molecule has 5 nitrogen and oxygen atoms in total. The topological polar surface area (TPSA) is 57.5 Å². The fourth-order valence-corrected chi connectivity index (χ4v) is 7.95. The van der Waals surface area contributed by atoms with Crippen LogP contribution in [0.2, 0.25) is 0 Å². The van der Waals surface area contributed by atoms with Crippen molar-refractivity contribution in [3.05, 3.63) is 65.8 Å². The summed E-state index contributed by atoms with van der Waals surface area (Å²) in [7, 11) is 1.83. The molecule has 0 aliphatic rings. The molecule has 3 aromatic rings. The Labute approximate surface area is 173 Å². The van der Waals surface area contributed by atoms with E-state index in [1.54, 1.807) is 6.92 Å². The molecule has 0 aliphatic carbocycles. The molecule has 0 saturated carbocycles. The number of aromatic nitrogens is 1. The minimum absolute atomic E-state index is 0.274. The monoisotopic (exact) mass is 543 g/mol. The maximum absolute atomic E-state index is 12.8. The average Bonchev–Trinajstić information content (AvgIpc) is 2.92. The first kappa shape index (κ1) is 19.9. The summed E-state index contributed by atoms with van der Waals surface area (Å²) in [5, 5.41) is 0.894. The maximum atomic E-state index is 12.8. The summed E-state index contributed by atoms with van der Waals surface area (Å²) >= 11 is 0.814. The van der Waals surface area contributed by atoms with E-state index in [0.29, 0.717) is 5.69 Å². The van der Waals surface area contributed by atoms with E-state index in [9.17, 15) is 9.59 Å². The summed E-state index contributed by atoms with van der Waals surface area (Å²) in [6.45, 7) is 3.45. The number of esters is 1. The molecule has 0 aliphatic heterocycles. The molecule has 0 fully saturated rings. The number of fused-ring (bicyclic) bond motifs is 1. The van der Waals surface area contributed by atoms with Crippen LogP contribution in [0.1, 0.15) is 24.3 Å². The van der Waals surface area contributed by atoms with Gasteiger partial charge in [-0.2, -0.15) is 0 Å². The van der Waals surface area contributed by atoms with Gasteiger partial charge in [0.1, 0.15) is 0 Å². The van der Waals surface area contributed by atoms with Gasteiger partial charge in [0.05, 0.1) is 0 Å². The number of benzene rings is 2. The molecule has 7 heteroatoms. The van der Waals surface area contributed by atoms with E-state index in [1.807, 2.05) is 60.1 Å². The van der Waals surface area contributed by atoms with Crippen molar-refractivity contribution >= 4 is 59.0 Å². The van der Waals surface area contributed by atoms with Crippen LogP contribution in [0.4, 0.5) is 0 Å². The van der Waals surface area contributed by atoms with Crippen molar-refractivity contribution in [1.82, 2.24) is 4.57 Å². The molecule has 0 bridgehead atoms. The molecule has 2 aromatic carbocycles. The van der Waals surface area contributed by atoms with Crippen LogP contribution in [-0.4, -0.2) is 23.1 Å². The first-order chi connectivity index (χ1) is 12.9. The molecule has 0 N–H and O–H groups in total. The second kappa shape index (κ2) is 8.43. The SMILES string of the molecule is CCOC(=O)c1c(I(OC(C)=O)c2ccccc2)c2cc(Br)ccc2n1C. The summed E-state index contributed by atoms with van der Waals surface area (Å²) in [6, 6.07) is 15.5. The summed E-state index contributed by atoms with van der Waals surface area (Å²) in [5.41, 5.74) is 1.34. The van der Waals surface area contributed by atoms with E-state index < -0.39 is 26.2 Å². The van der Waals surface area contributed by atoms with Gasteiger partial charge in [-0.1, -0.05) is 0 Å². The summed E-state index contributed by atoms with van der Waals surface area (Å²) in [6.07, 6.45) is 0. The van der Waals surface area contributed by atoms with E-state index in [2.05, 4.69) is 15.9 Å². The van der Waals surface area contributed by atoms with Crippen molar-refractivity contribution in [2.75, 3.05) is 6.61 Å². The van der Waals surface area contributed by atoms with Gasteiger partial charge in [0.25, 0.3) is 0 Å². The van der Waals surface area contributed by atoms with Gasteiger partial charge in [-0.05, 0) is 0 Å². The molecule has 0 unspecified atom stereocenters. The van der Waals surface area contributed by atoms with Gasteiger partial charge >= 0.3 is 174 Å². The van der Waals surface area contributed by atoms with Crippen molar-refractivity contribution < 1.29 is 17.4 Å². The van der Waals surface area contributed by atoms with E-state index >= 15 is 0 Å². The predicted molar refractivity (Wildman–Crippen MR) is 116 cm³/mol. The number of rotatable bonds is 5. The molecule has 0 saturated heterocycles. The van der Waals surface area contributed by atoms with Crippen molar-refractivity contribution in [1.29, 1.82) is 0 Å². The van der Waals surface area contributed by atoms with Gasteiger partial charge in [-0.25, -0.2) is 0 Å². The predicted octanol–water partition coefficient (Wildman–Crippen LogP) is 5.14. The third kappa shape index (κ3) is 4.03. The molecule has 0 spiro atoms. The van der Waals surface area contributed by atoms with Crippen molar-refractivity contribution in [3.63, 3.8) is 0 Å². The minimum atomic E-state index is -2.69. The number of hydrogen-bond donors (Lipinski definition) is 0. The zero-order valence-electron chi connectivity index (χ0n) is 15.2. The van der Waals surface area contributed by atoms with Crippen LogP contribution in [0.5, 0.6) is 0 Å². The Morgan fingerprint density at radius 2 is 1.85 bits per heavy atom. The first-order valence-electron chi connectivity index (χ1n) is 8.33. The fourth-order valence-electron chi connectivity index (χ4n) is 2.80. The molecular weight excluding hydrogens is 525 g/mol. The van der Waals surface area contributed by atoms with Crippen LogP contribution in [0.25, 0.3) is 10.9 Å². The molecule has 0 radical (unpaired) electrons. The zero-order valence-corrected chi connectivity index (χ0v) is 18.9. The zero-order chi connectivity index (χ0) is 19.6. The Morgan fingerprint density at radius 3 is 2.48 bits per heavy atom. The number of halogens is 2. The van der Waals surface area contributed by atoms with Crippen molar-refractivity contribution in [3.8, 4) is 0 Å². The number of nitrogens with zero attached hydrogens (tertiary/aromatic N) is 1. The van der Waals surface area contributed by atoms with E-state index in [4.69, 9.17) is 7.80 Å². The number of carbonyl (C=O) groups excluding carboxylic acids is 2. The second-order valence-corrected chi connectivity index (χ2v) is 10.8. The Kier molecular flexibility index (Phi) is 6.21. The first-order valence-corrected chi connectivity index (χ1v) is 12.2. The number of aryl methyl sites for hydroxylation is 1. The van der Waals surface area contributed by atoms with Crippen LogP contribution in [0.3, 0.4) is 0 Å². The molecule has 27 heavy (non-hydrogen) atoms. The molecule has 3 rings (SSSR count). The van der Waals surface area contributed by atoms with Crippen LogP contribution in [0, 0.1) is 7.14 Å². The number of hydrogen-bond acceptors (Lipinski definition) is 4. The normalized spacial score (nSPS) is 11.3. The number of ether oxygens (including phenoxy) is 1. The Hall–Kier alpha value is -1.87. The summed E-state index contributed by atoms with van der Waals surface area (Å²) in [4.78, 5) is 24.7. The molecule has 0 atom stereocenters. The molecule has 1 aromatic heterocycles. The van der Waals surface area contributed by atoms with Crippen molar-refractivity contribution in [2.24, 2.45) is 7.05 Å². The van der Waals surface area contributed by atoms with E-state index in [1.165, 1.54) is 6.92 Å². The molecular formula is C20H19BrINO4. The van der Waals surface area contributed by atoms with Gasteiger partial charge in [0, 0.05) is 0 Å². The molecule has 142 valence electrons. The second-order valence-electron chi connectivity index (χ2n) is 5.72. The average molecular weight is 544 g/mol. The standard InChI is InChI=1S/C20H19BrINO4/c1-4-26-20(25)19-18(16-12-14(21)10-11-17(16)23(19)3)22(27-13(2)24)15-8-6-5-7-9-15/h5-12H,4H2,1-3H3. The van der Waals surface area contributed by atoms with Crippen LogP contribution >= 0.6 is 36.2 Å². The van der Waals surface area contributed by atoms with Gasteiger partial charge in [-0.15, -0.1) is 0 Å². The third-order valence-corrected chi connectivity index (χ3v) is 9.33. The Morgan fingerprint density at radius 1 is 1.15 bits per heavy atom. The van der Waals surface area contributed by atoms with Crippen LogP contribution in [0.15, 0.2) is 53.0 Å². The van der Waals surface area contributed by atoms with Crippen molar-refractivity contribution in [2.45, 2.75) is 13.8 Å². The van der Waals surface area contributed by atoms with Gasteiger partial charge in [0.2, 0.25) is 0 Å². The fraction of sp³-hybridized carbons (Fsp3) is 0.200. The quantitative estimate of drug-likeness (QED) is 0.330. The van der Waals surface area contributed by atoms with Crippen LogP contribution < -0.4 is 0 Å². The molecule has 1 heterocycles. The van der Waals surface area contributed by atoms with Gasteiger partial charge < -0.3 is 0 Å². The van der Waals surface area contributed by atoms with Crippen LogP contribution in [-0.2, 0) is 19.6 Å². The van der Waals surface area contributed by atoms with Gasteiger partial charge in [-0.3, -0.25) is 0 Å². The Bertz CT molecular complexity index is 1000. The van der Waals surface area contributed by atoms with E-state index in [-0.39, 0.29) is 12.6 Å². The Balaban J connectivity index is 2.34. The summed E-state index contributed by atoms with van der Waals surface area (Å²) < 4.78 is 15.6. The van der Waals surface area contributed by atoms with E-state index in [0.717, 1.165) is 22.5 Å². The number of carbonyl (C=O) groups is 2. The summed E-state index contributed by atoms with van der Waals surface area (Å²) in [5.74, 6) is -0.765.